The summed E-state index contributed by atoms with van der Waals surface area (Å²) >= 11 is 0. The third-order valence-corrected chi connectivity index (χ3v) is 4.31. The van der Waals surface area contributed by atoms with Crippen LogP contribution in [0, 0.1) is 11.8 Å². The van der Waals surface area contributed by atoms with Crippen molar-refractivity contribution in [2.45, 2.75) is 39.0 Å². The van der Waals surface area contributed by atoms with Gasteiger partial charge in [0.25, 0.3) is 0 Å². The fourth-order valence-electron chi connectivity index (χ4n) is 3.19. The van der Waals surface area contributed by atoms with E-state index in [9.17, 15) is 19.2 Å². The maximum absolute atomic E-state index is 12.2. The first kappa shape index (κ1) is 16.5. The molecule has 1 saturated heterocycles. The molecule has 7 nitrogen and oxygen atoms in total. The van der Waals surface area contributed by atoms with Crippen molar-refractivity contribution in [2.24, 2.45) is 11.8 Å². The molecule has 0 bridgehead atoms. The fraction of sp³-hybridized carbons (Fsp3) is 0.733. The van der Waals surface area contributed by atoms with Crippen LogP contribution in [0.4, 0.5) is 0 Å². The molecule has 2 atom stereocenters. The Hall–Kier alpha value is -1.92. The number of imide groups is 1. The fourth-order valence-corrected chi connectivity index (χ4v) is 3.19. The van der Waals surface area contributed by atoms with Gasteiger partial charge in [-0.3, -0.25) is 24.1 Å². The van der Waals surface area contributed by atoms with Crippen LogP contribution in [0.3, 0.4) is 0 Å². The van der Waals surface area contributed by atoms with Crippen molar-refractivity contribution in [3.8, 4) is 0 Å². The summed E-state index contributed by atoms with van der Waals surface area (Å²) in [6.07, 6.45) is 3.56. The summed E-state index contributed by atoms with van der Waals surface area (Å²) in [6, 6.07) is 0. The van der Waals surface area contributed by atoms with Crippen molar-refractivity contribution in [3.05, 3.63) is 0 Å². The molecule has 0 aromatic rings. The highest BCUT2D eigenvalue weighted by Crippen LogP contribution is 2.37. The van der Waals surface area contributed by atoms with Crippen LogP contribution in [0.2, 0.25) is 0 Å². The average Bonchev–Trinajstić information content (AvgIpc) is 2.76. The van der Waals surface area contributed by atoms with Crippen molar-refractivity contribution in [1.29, 1.82) is 0 Å². The van der Waals surface area contributed by atoms with E-state index in [4.69, 9.17) is 0 Å². The average molecular weight is 309 g/mol. The smallest absolute Gasteiger partial charge is 0.239 e. The summed E-state index contributed by atoms with van der Waals surface area (Å²) in [7, 11) is 0. The van der Waals surface area contributed by atoms with Crippen LogP contribution in [-0.4, -0.2) is 48.2 Å². The topological polar surface area (TPSA) is 95.6 Å². The van der Waals surface area contributed by atoms with Crippen molar-refractivity contribution in [2.75, 3.05) is 19.6 Å². The monoisotopic (exact) mass is 309 g/mol. The Morgan fingerprint density at radius 2 is 1.64 bits per heavy atom. The van der Waals surface area contributed by atoms with Gasteiger partial charge in [0.15, 0.2) is 0 Å². The number of hydrogen-bond acceptors (Lipinski definition) is 4. The molecule has 0 aromatic carbocycles. The molecule has 22 heavy (non-hydrogen) atoms. The van der Waals surface area contributed by atoms with Crippen molar-refractivity contribution in [3.63, 3.8) is 0 Å². The first-order valence-electron chi connectivity index (χ1n) is 7.93. The summed E-state index contributed by atoms with van der Waals surface area (Å²) < 4.78 is 0. The molecule has 0 aromatic heterocycles. The maximum atomic E-state index is 12.2. The van der Waals surface area contributed by atoms with Gasteiger partial charge in [-0.25, -0.2) is 0 Å². The SMILES string of the molecule is CCNC(=O)CNC(=O)CCN1C(=O)[C@H]2CCCC[C@H]2C1=O. The molecule has 1 aliphatic heterocycles. The van der Waals surface area contributed by atoms with Crippen LogP contribution in [0.5, 0.6) is 0 Å². The minimum Gasteiger partial charge on any atom is -0.355 e. The summed E-state index contributed by atoms with van der Waals surface area (Å²) in [5.41, 5.74) is 0. The number of nitrogens with one attached hydrogen (secondary N) is 2. The van der Waals surface area contributed by atoms with Crippen LogP contribution >= 0.6 is 0 Å². The minimum atomic E-state index is -0.332. The van der Waals surface area contributed by atoms with Crippen LogP contribution in [-0.2, 0) is 19.2 Å². The maximum Gasteiger partial charge on any atom is 0.239 e. The van der Waals surface area contributed by atoms with Gasteiger partial charge in [0, 0.05) is 19.5 Å². The largest absolute Gasteiger partial charge is 0.355 e. The van der Waals surface area contributed by atoms with Gasteiger partial charge in [0.05, 0.1) is 18.4 Å². The Labute approximate surface area is 129 Å². The lowest BCUT2D eigenvalue weighted by Gasteiger charge is -2.19. The van der Waals surface area contributed by atoms with E-state index in [0.29, 0.717) is 6.54 Å². The molecule has 2 N–H and O–H groups in total. The van der Waals surface area contributed by atoms with E-state index < -0.39 is 0 Å². The highest BCUT2D eigenvalue weighted by molar-refractivity contribution is 6.05. The zero-order valence-electron chi connectivity index (χ0n) is 12.9. The molecule has 2 fully saturated rings. The Morgan fingerprint density at radius 3 is 2.18 bits per heavy atom. The normalized spacial score (nSPS) is 24.1. The molecular weight excluding hydrogens is 286 g/mol. The molecule has 2 rings (SSSR count). The minimum absolute atomic E-state index is 0.0380. The molecule has 1 heterocycles. The summed E-state index contributed by atoms with van der Waals surface area (Å²) in [5, 5.41) is 5.06. The van der Waals surface area contributed by atoms with Gasteiger partial charge in [-0.1, -0.05) is 12.8 Å². The highest BCUT2D eigenvalue weighted by atomic mass is 16.2. The Morgan fingerprint density at radius 1 is 1.05 bits per heavy atom. The Balaban J connectivity index is 1.79. The van der Waals surface area contributed by atoms with E-state index in [0.717, 1.165) is 25.7 Å². The molecule has 122 valence electrons. The number of likely N-dealkylation sites (N-methyl/N-ethyl adjacent to an activating group) is 1. The Bertz CT molecular complexity index is 453. The van der Waals surface area contributed by atoms with E-state index >= 15 is 0 Å². The van der Waals surface area contributed by atoms with Gasteiger partial charge in [0.2, 0.25) is 23.6 Å². The van der Waals surface area contributed by atoms with Crippen LogP contribution in [0.25, 0.3) is 0 Å². The Kier molecular flexibility index (Phi) is 5.51. The van der Waals surface area contributed by atoms with Crippen LogP contribution in [0.15, 0.2) is 0 Å². The lowest BCUT2D eigenvalue weighted by molar-refractivity contribution is -0.140. The van der Waals surface area contributed by atoms with E-state index in [2.05, 4.69) is 10.6 Å². The molecule has 1 aliphatic carbocycles. The first-order valence-corrected chi connectivity index (χ1v) is 7.93. The molecule has 0 radical (unpaired) electrons. The number of likely N-dealkylation sites (tertiary alicyclic amines) is 1. The number of nitrogens with zero attached hydrogens (tertiary/aromatic N) is 1. The molecule has 1 saturated carbocycles. The number of carbonyl (C=O) groups excluding carboxylic acids is 4. The number of amides is 4. The van der Waals surface area contributed by atoms with Crippen LogP contribution < -0.4 is 10.6 Å². The molecule has 4 amide bonds. The van der Waals surface area contributed by atoms with E-state index in [-0.39, 0.29) is 55.0 Å². The first-order chi connectivity index (χ1) is 10.5. The van der Waals surface area contributed by atoms with Crippen LogP contribution in [0.1, 0.15) is 39.0 Å². The lowest BCUT2D eigenvalue weighted by atomic mass is 9.81. The van der Waals surface area contributed by atoms with Gasteiger partial charge in [0.1, 0.15) is 0 Å². The van der Waals surface area contributed by atoms with Gasteiger partial charge < -0.3 is 10.6 Å². The number of fused-ring (bicyclic) bond motifs is 1. The standard InChI is InChI=1S/C15H23N3O4/c1-2-16-13(20)9-17-12(19)7-8-18-14(21)10-5-3-4-6-11(10)15(18)22/h10-11H,2-9H2,1H3,(H,16,20)(H,17,19)/t10-,11+. The molecule has 2 aliphatic rings. The molecule has 0 spiro atoms. The third kappa shape index (κ3) is 3.64. The number of hydrogen-bond donors (Lipinski definition) is 2. The molecular formula is C15H23N3O4. The molecule has 7 heteroatoms. The second-order valence-corrected chi connectivity index (χ2v) is 5.81. The predicted molar refractivity (Wildman–Crippen MR) is 78.5 cm³/mol. The van der Waals surface area contributed by atoms with E-state index in [1.807, 2.05) is 0 Å². The van der Waals surface area contributed by atoms with E-state index in [1.54, 1.807) is 6.92 Å². The van der Waals surface area contributed by atoms with Gasteiger partial charge >= 0.3 is 0 Å². The summed E-state index contributed by atoms with van der Waals surface area (Å²) in [5.74, 6) is -1.21. The zero-order chi connectivity index (χ0) is 16.1. The lowest BCUT2D eigenvalue weighted by Crippen LogP contribution is -2.39. The quantitative estimate of drug-likeness (QED) is 0.664. The number of rotatable bonds is 6. The number of carbonyl (C=O) groups is 4. The summed E-state index contributed by atoms with van der Waals surface area (Å²) in [6.45, 7) is 2.32. The third-order valence-electron chi connectivity index (χ3n) is 4.31. The zero-order valence-corrected chi connectivity index (χ0v) is 12.9. The van der Waals surface area contributed by atoms with Gasteiger partial charge in [-0.05, 0) is 19.8 Å². The molecule has 0 unspecified atom stereocenters. The predicted octanol–water partition coefficient (Wildman–Crippen LogP) is -0.196. The van der Waals surface area contributed by atoms with Gasteiger partial charge in [-0.15, -0.1) is 0 Å². The van der Waals surface area contributed by atoms with Crippen molar-refractivity contribution >= 4 is 23.6 Å². The second kappa shape index (κ2) is 7.38. The second-order valence-electron chi connectivity index (χ2n) is 5.81. The highest BCUT2D eigenvalue weighted by Gasteiger charge is 2.47. The van der Waals surface area contributed by atoms with E-state index in [1.165, 1.54) is 4.90 Å². The van der Waals surface area contributed by atoms with Crippen molar-refractivity contribution in [1.82, 2.24) is 15.5 Å². The summed E-state index contributed by atoms with van der Waals surface area (Å²) in [4.78, 5) is 48.6. The van der Waals surface area contributed by atoms with Crippen molar-refractivity contribution < 1.29 is 19.2 Å². The van der Waals surface area contributed by atoms with Gasteiger partial charge in [-0.2, -0.15) is 0 Å².